The second kappa shape index (κ2) is 8.26. The summed E-state index contributed by atoms with van der Waals surface area (Å²) in [5.41, 5.74) is 8.59. The van der Waals surface area contributed by atoms with Gasteiger partial charge in [0.1, 0.15) is 0 Å². The summed E-state index contributed by atoms with van der Waals surface area (Å²) >= 11 is 0. The lowest BCUT2D eigenvalue weighted by molar-refractivity contribution is 0.151. The molecule has 1 aromatic heterocycles. The van der Waals surface area contributed by atoms with E-state index in [1.165, 1.54) is 11.1 Å². The lowest BCUT2D eigenvalue weighted by Gasteiger charge is -2.28. The van der Waals surface area contributed by atoms with Crippen molar-refractivity contribution < 1.29 is 9.53 Å². The molecule has 0 atom stereocenters. The highest BCUT2D eigenvalue weighted by Gasteiger charge is 2.19. The van der Waals surface area contributed by atoms with E-state index in [-0.39, 0.29) is 6.73 Å². The van der Waals surface area contributed by atoms with Crippen LogP contribution < -0.4 is 10.2 Å². The minimum atomic E-state index is -0.467. The van der Waals surface area contributed by atoms with Crippen molar-refractivity contribution in [3.05, 3.63) is 76.9 Å². The molecule has 4 rings (SSSR count). The first-order chi connectivity index (χ1) is 14.9. The van der Waals surface area contributed by atoms with Gasteiger partial charge in [-0.1, -0.05) is 18.2 Å². The molecule has 158 valence electrons. The number of pyridine rings is 1. The summed E-state index contributed by atoms with van der Waals surface area (Å²) < 4.78 is 5.48. The van der Waals surface area contributed by atoms with E-state index in [9.17, 15) is 4.79 Å². The molecule has 4 aromatic rings. The van der Waals surface area contributed by atoms with Crippen molar-refractivity contribution in [2.45, 2.75) is 27.7 Å². The molecule has 0 fully saturated rings. The van der Waals surface area contributed by atoms with Gasteiger partial charge in [0, 0.05) is 23.5 Å². The number of carbonyl (C=O) groups is 1. The molecule has 0 aliphatic rings. The van der Waals surface area contributed by atoms with Gasteiger partial charge in [0.15, 0.2) is 6.73 Å². The van der Waals surface area contributed by atoms with Crippen molar-refractivity contribution in [3.63, 3.8) is 0 Å². The Balaban J connectivity index is 1.99. The zero-order valence-electron chi connectivity index (χ0n) is 18.6. The fraction of sp³-hybridized carbons (Fsp3) is 0.231. The fourth-order valence-corrected chi connectivity index (χ4v) is 3.88. The number of aryl methyl sites for hydroxylation is 3. The van der Waals surface area contributed by atoms with Crippen molar-refractivity contribution >= 4 is 39.3 Å². The maximum absolute atomic E-state index is 11.9. The first-order valence-corrected chi connectivity index (χ1v) is 10.4. The number of carbonyl (C=O) groups excluding carboxylic acids is 1. The summed E-state index contributed by atoms with van der Waals surface area (Å²) in [4.78, 5) is 18.9. The smallest absolute Gasteiger partial charge is 0.408 e. The zero-order chi connectivity index (χ0) is 22.1. The maximum Gasteiger partial charge on any atom is 0.408 e. The van der Waals surface area contributed by atoms with Gasteiger partial charge in [0.2, 0.25) is 0 Å². The molecule has 5 nitrogen and oxygen atoms in total. The zero-order valence-corrected chi connectivity index (χ0v) is 18.6. The Morgan fingerprint density at radius 1 is 0.935 bits per heavy atom. The van der Waals surface area contributed by atoms with Crippen LogP contribution in [0, 0.1) is 27.7 Å². The monoisotopic (exact) mass is 413 g/mol. The van der Waals surface area contributed by atoms with Crippen LogP contribution in [0.5, 0.6) is 0 Å². The van der Waals surface area contributed by atoms with Gasteiger partial charge in [-0.25, -0.2) is 9.78 Å². The number of nitrogens with one attached hydrogen (secondary N) is 1. The standard InChI is InChI=1S/C26H27N3O2/c1-16-11-20-14-22-24(28-23(20)12-17(16)2)13-18(3)19(4)25(22)29(15-31-26(30)27-5)21-9-7-6-8-10-21/h6-14H,15H2,1-5H3,(H,27,30). The largest absolute Gasteiger partial charge is 0.428 e. The van der Waals surface area contributed by atoms with E-state index >= 15 is 0 Å². The Kier molecular flexibility index (Phi) is 5.51. The molecule has 1 amide bonds. The van der Waals surface area contributed by atoms with Gasteiger partial charge < -0.3 is 15.0 Å². The lowest BCUT2D eigenvalue weighted by Crippen LogP contribution is -2.28. The molecule has 0 radical (unpaired) electrons. The molecule has 3 aromatic carbocycles. The van der Waals surface area contributed by atoms with Crippen molar-refractivity contribution in [2.75, 3.05) is 18.7 Å². The summed E-state index contributed by atoms with van der Waals surface area (Å²) in [6.07, 6.45) is -0.467. The summed E-state index contributed by atoms with van der Waals surface area (Å²) in [5.74, 6) is 0. The van der Waals surface area contributed by atoms with Gasteiger partial charge in [-0.2, -0.15) is 0 Å². The van der Waals surface area contributed by atoms with Crippen LogP contribution in [0.1, 0.15) is 22.3 Å². The van der Waals surface area contributed by atoms with Crippen molar-refractivity contribution in [1.29, 1.82) is 0 Å². The third-order valence-electron chi connectivity index (χ3n) is 5.88. The molecule has 0 bridgehead atoms. The van der Waals surface area contributed by atoms with E-state index in [4.69, 9.17) is 9.72 Å². The highest BCUT2D eigenvalue weighted by molar-refractivity contribution is 6.02. The molecule has 0 saturated carbocycles. The molecule has 0 aliphatic carbocycles. The number of para-hydroxylation sites is 1. The van der Waals surface area contributed by atoms with E-state index in [1.54, 1.807) is 7.05 Å². The first kappa shape index (κ1) is 20.7. The molecule has 1 heterocycles. The Morgan fingerprint density at radius 2 is 1.61 bits per heavy atom. The molecular formula is C26H27N3O2. The van der Waals surface area contributed by atoms with Crippen LogP contribution >= 0.6 is 0 Å². The van der Waals surface area contributed by atoms with Gasteiger partial charge in [-0.3, -0.25) is 0 Å². The number of hydrogen-bond donors (Lipinski definition) is 1. The normalized spacial score (nSPS) is 11.0. The number of nitrogens with zero attached hydrogens (tertiary/aromatic N) is 2. The molecule has 5 heteroatoms. The van der Waals surface area contributed by atoms with Gasteiger partial charge in [-0.05, 0) is 86.3 Å². The van der Waals surface area contributed by atoms with E-state index in [2.05, 4.69) is 57.3 Å². The van der Waals surface area contributed by atoms with Crippen LogP contribution in [0.25, 0.3) is 21.8 Å². The average Bonchev–Trinajstić information content (AvgIpc) is 2.76. The first-order valence-electron chi connectivity index (χ1n) is 10.4. The SMILES string of the molecule is CNC(=O)OCN(c1ccccc1)c1c(C)c(C)cc2nc3cc(C)c(C)cc3cc12. The number of amides is 1. The molecular weight excluding hydrogens is 386 g/mol. The van der Waals surface area contributed by atoms with Crippen molar-refractivity contribution in [3.8, 4) is 0 Å². The fourth-order valence-electron chi connectivity index (χ4n) is 3.88. The third kappa shape index (κ3) is 3.91. The minimum Gasteiger partial charge on any atom is -0.428 e. The Hall–Kier alpha value is -3.60. The molecule has 0 aliphatic heterocycles. The second-order valence-electron chi connectivity index (χ2n) is 7.93. The average molecular weight is 414 g/mol. The number of alkyl carbamates (subject to hydrolysis) is 1. The quantitative estimate of drug-likeness (QED) is 0.326. The number of anilines is 2. The van der Waals surface area contributed by atoms with Crippen LogP contribution in [0.3, 0.4) is 0 Å². The summed E-state index contributed by atoms with van der Waals surface area (Å²) in [5, 5.41) is 4.65. The highest BCUT2D eigenvalue weighted by Crippen LogP contribution is 2.38. The maximum atomic E-state index is 11.9. The number of ether oxygens (including phenoxy) is 1. The Labute approximate surface area is 182 Å². The topological polar surface area (TPSA) is 54.5 Å². The summed E-state index contributed by atoms with van der Waals surface area (Å²) in [6, 6.07) is 18.6. The van der Waals surface area contributed by atoms with Crippen LogP contribution in [0.15, 0.2) is 54.6 Å². The van der Waals surface area contributed by atoms with Crippen molar-refractivity contribution in [2.24, 2.45) is 0 Å². The molecule has 0 spiro atoms. The van der Waals surface area contributed by atoms with Crippen LogP contribution in [0.4, 0.5) is 16.2 Å². The summed E-state index contributed by atoms with van der Waals surface area (Å²) in [7, 11) is 1.56. The molecule has 1 N–H and O–H groups in total. The van der Waals surface area contributed by atoms with E-state index in [1.807, 2.05) is 35.2 Å². The van der Waals surface area contributed by atoms with E-state index in [0.717, 1.165) is 44.3 Å². The molecule has 0 saturated heterocycles. The van der Waals surface area contributed by atoms with Gasteiger partial charge in [-0.15, -0.1) is 0 Å². The second-order valence-corrected chi connectivity index (χ2v) is 7.93. The van der Waals surface area contributed by atoms with Crippen molar-refractivity contribution in [1.82, 2.24) is 10.3 Å². The lowest BCUT2D eigenvalue weighted by atomic mass is 9.99. The minimum absolute atomic E-state index is 0.0913. The number of hydrogen-bond acceptors (Lipinski definition) is 4. The predicted octanol–water partition coefficient (Wildman–Crippen LogP) is 6.07. The predicted molar refractivity (Wildman–Crippen MR) is 127 cm³/mol. The van der Waals surface area contributed by atoms with E-state index < -0.39 is 6.09 Å². The molecule has 0 unspecified atom stereocenters. The number of benzene rings is 3. The Morgan fingerprint density at radius 3 is 2.32 bits per heavy atom. The number of rotatable bonds is 4. The Bertz CT molecular complexity index is 1280. The third-order valence-corrected chi connectivity index (χ3v) is 5.88. The highest BCUT2D eigenvalue weighted by atomic mass is 16.6. The van der Waals surface area contributed by atoms with Crippen LogP contribution in [-0.4, -0.2) is 24.9 Å². The van der Waals surface area contributed by atoms with Crippen LogP contribution in [0.2, 0.25) is 0 Å². The number of aromatic nitrogens is 1. The van der Waals surface area contributed by atoms with E-state index in [0.29, 0.717) is 0 Å². The van der Waals surface area contributed by atoms with Crippen LogP contribution in [-0.2, 0) is 4.74 Å². The van der Waals surface area contributed by atoms with Gasteiger partial charge in [0.05, 0.1) is 16.7 Å². The number of fused-ring (bicyclic) bond motifs is 2. The summed E-state index contributed by atoms with van der Waals surface area (Å²) in [6.45, 7) is 8.51. The van der Waals surface area contributed by atoms with Gasteiger partial charge in [0.25, 0.3) is 0 Å². The van der Waals surface area contributed by atoms with Gasteiger partial charge >= 0.3 is 6.09 Å². The molecule has 31 heavy (non-hydrogen) atoms.